The lowest BCUT2D eigenvalue weighted by atomic mass is 9.54. The van der Waals surface area contributed by atoms with Gasteiger partial charge in [-0.3, -0.25) is 0 Å². The van der Waals surface area contributed by atoms with Gasteiger partial charge in [-0.05, 0) is 49.0 Å². The van der Waals surface area contributed by atoms with Crippen molar-refractivity contribution in [2.45, 2.75) is 59.0 Å². The van der Waals surface area contributed by atoms with E-state index >= 15 is 0 Å². The van der Waals surface area contributed by atoms with Crippen LogP contribution in [0, 0.1) is 17.3 Å². The molecule has 0 spiro atoms. The molecule has 2 fully saturated rings. The zero-order valence-electron chi connectivity index (χ0n) is 11.1. The number of hydrogen-bond donors (Lipinski definition) is 0. The molecule has 0 radical (unpaired) electrons. The molecule has 4 atom stereocenters. The van der Waals surface area contributed by atoms with Crippen LogP contribution in [0.3, 0.4) is 0 Å². The highest BCUT2D eigenvalue weighted by Crippen LogP contribution is 2.56. The van der Waals surface area contributed by atoms with Gasteiger partial charge in [0.05, 0.1) is 0 Å². The van der Waals surface area contributed by atoms with Crippen molar-refractivity contribution >= 4 is 5.97 Å². The zero-order chi connectivity index (χ0) is 12.2. The fourth-order valence-corrected chi connectivity index (χ4v) is 4.20. The third kappa shape index (κ3) is 1.49. The van der Waals surface area contributed by atoms with Gasteiger partial charge in [-0.2, -0.15) is 0 Å². The zero-order valence-corrected chi connectivity index (χ0v) is 11.1. The molecule has 3 rings (SSSR count). The van der Waals surface area contributed by atoms with E-state index in [0.717, 1.165) is 30.3 Å². The Morgan fingerprint density at radius 2 is 2.12 bits per heavy atom. The monoisotopic (exact) mass is 234 g/mol. The number of rotatable bonds is 0. The van der Waals surface area contributed by atoms with E-state index in [9.17, 15) is 4.79 Å². The van der Waals surface area contributed by atoms with Crippen LogP contribution in [0.15, 0.2) is 11.1 Å². The van der Waals surface area contributed by atoms with E-state index in [4.69, 9.17) is 4.74 Å². The molecule has 0 saturated heterocycles. The maximum atomic E-state index is 11.7. The van der Waals surface area contributed by atoms with Gasteiger partial charge in [0.15, 0.2) is 0 Å². The molecule has 0 aromatic carbocycles. The molecule has 1 heterocycles. The molecule has 3 aliphatic rings. The van der Waals surface area contributed by atoms with Gasteiger partial charge in [0.2, 0.25) is 0 Å². The molecule has 2 aliphatic carbocycles. The van der Waals surface area contributed by atoms with E-state index in [1.54, 1.807) is 0 Å². The van der Waals surface area contributed by atoms with Gasteiger partial charge in [-0.15, -0.1) is 0 Å². The molecular weight excluding hydrogens is 212 g/mol. The van der Waals surface area contributed by atoms with E-state index in [2.05, 4.69) is 13.8 Å². The molecule has 2 nitrogen and oxygen atoms in total. The summed E-state index contributed by atoms with van der Waals surface area (Å²) in [5.74, 6) is 1.46. The largest absolute Gasteiger partial charge is 0.454 e. The van der Waals surface area contributed by atoms with Crippen molar-refractivity contribution in [2.75, 3.05) is 0 Å². The number of hydrogen-bond acceptors (Lipinski definition) is 2. The van der Waals surface area contributed by atoms with Gasteiger partial charge in [-0.1, -0.05) is 26.7 Å². The minimum atomic E-state index is -0.0695. The van der Waals surface area contributed by atoms with Crippen molar-refractivity contribution in [2.24, 2.45) is 17.3 Å². The van der Waals surface area contributed by atoms with Crippen molar-refractivity contribution in [1.29, 1.82) is 0 Å². The fourth-order valence-electron chi connectivity index (χ4n) is 4.20. The summed E-state index contributed by atoms with van der Waals surface area (Å²) < 4.78 is 5.49. The second-order valence-corrected chi connectivity index (χ2v) is 6.49. The molecule has 0 unspecified atom stereocenters. The molecule has 2 saturated carbocycles. The molecule has 0 aromatic rings. The van der Waals surface area contributed by atoms with Crippen LogP contribution in [0.2, 0.25) is 0 Å². The molecule has 2 heteroatoms. The summed E-state index contributed by atoms with van der Waals surface area (Å²) in [6.07, 6.45) is 6.28. The predicted octanol–water partition coefficient (Wildman–Crippen LogP) is 3.46. The van der Waals surface area contributed by atoms with Gasteiger partial charge in [0, 0.05) is 5.57 Å². The van der Waals surface area contributed by atoms with Crippen LogP contribution in [0.1, 0.15) is 52.9 Å². The van der Waals surface area contributed by atoms with Crippen molar-refractivity contribution in [3.05, 3.63) is 11.1 Å². The molecule has 0 amide bonds. The Balaban J connectivity index is 1.95. The van der Waals surface area contributed by atoms with Gasteiger partial charge < -0.3 is 4.74 Å². The molecular formula is C15H22O2. The lowest BCUT2D eigenvalue weighted by Gasteiger charge is -2.51. The highest BCUT2D eigenvalue weighted by molar-refractivity contribution is 5.91. The highest BCUT2D eigenvalue weighted by Gasteiger charge is 2.50. The number of esters is 1. The second-order valence-electron chi connectivity index (χ2n) is 6.49. The molecule has 0 aromatic heterocycles. The SMILES string of the molecule is CC1=C2C[C@]3(C)[C@@H](CCC[C@H]3C)C[C@H]2OC1=O. The minimum absolute atomic E-state index is 0.0695. The van der Waals surface area contributed by atoms with Crippen LogP contribution < -0.4 is 0 Å². The van der Waals surface area contributed by atoms with Crippen LogP contribution in [0.25, 0.3) is 0 Å². The maximum absolute atomic E-state index is 11.7. The first-order valence-electron chi connectivity index (χ1n) is 6.93. The van der Waals surface area contributed by atoms with E-state index in [-0.39, 0.29) is 12.1 Å². The van der Waals surface area contributed by atoms with Gasteiger partial charge in [-0.25, -0.2) is 4.79 Å². The fraction of sp³-hybridized carbons (Fsp3) is 0.800. The second kappa shape index (κ2) is 3.60. The predicted molar refractivity (Wildman–Crippen MR) is 66.4 cm³/mol. The van der Waals surface area contributed by atoms with E-state index in [1.165, 1.54) is 24.8 Å². The molecule has 0 bridgehead atoms. The third-order valence-electron chi connectivity index (χ3n) is 5.74. The molecule has 17 heavy (non-hydrogen) atoms. The minimum Gasteiger partial charge on any atom is -0.454 e. The summed E-state index contributed by atoms with van der Waals surface area (Å²) in [6, 6.07) is 0. The standard InChI is InChI=1S/C15H22O2/c1-9-5-4-6-11-7-13-12(8-15(9,11)3)10(2)14(16)17-13/h9,11,13H,4-8H2,1-3H3/t9-,11+,13-,15+/m1/s1. The first-order chi connectivity index (χ1) is 8.02. The summed E-state index contributed by atoms with van der Waals surface area (Å²) in [4.78, 5) is 11.7. The Morgan fingerprint density at radius 1 is 1.35 bits per heavy atom. The molecule has 94 valence electrons. The van der Waals surface area contributed by atoms with Crippen molar-refractivity contribution < 1.29 is 9.53 Å². The third-order valence-corrected chi connectivity index (χ3v) is 5.74. The summed E-state index contributed by atoms with van der Waals surface area (Å²) in [7, 11) is 0. The number of carbonyl (C=O) groups is 1. The molecule has 1 aliphatic heterocycles. The smallest absolute Gasteiger partial charge is 0.334 e. The van der Waals surface area contributed by atoms with Crippen LogP contribution in [0.4, 0.5) is 0 Å². The normalized spacial score (nSPS) is 45.4. The van der Waals surface area contributed by atoms with E-state index < -0.39 is 0 Å². The Morgan fingerprint density at radius 3 is 2.88 bits per heavy atom. The number of ether oxygens (including phenoxy) is 1. The van der Waals surface area contributed by atoms with Crippen molar-refractivity contribution in [3.8, 4) is 0 Å². The summed E-state index contributed by atoms with van der Waals surface area (Å²) >= 11 is 0. The summed E-state index contributed by atoms with van der Waals surface area (Å²) in [5, 5.41) is 0. The van der Waals surface area contributed by atoms with Crippen LogP contribution >= 0.6 is 0 Å². The summed E-state index contributed by atoms with van der Waals surface area (Å²) in [6.45, 7) is 6.76. The first kappa shape index (κ1) is 11.3. The van der Waals surface area contributed by atoms with Crippen LogP contribution in [0.5, 0.6) is 0 Å². The Bertz CT molecular complexity index is 396. The maximum Gasteiger partial charge on any atom is 0.334 e. The quantitative estimate of drug-likeness (QED) is 0.600. The lowest BCUT2D eigenvalue weighted by Crippen LogP contribution is -2.44. The van der Waals surface area contributed by atoms with Crippen molar-refractivity contribution in [3.63, 3.8) is 0 Å². The van der Waals surface area contributed by atoms with Crippen molar-refractivity contribution in [1.82, 2.24) is 0 Å². The van der Waals surface area contributed by atoms with Gasteiger partial charge in [0.1, 0.15) is 6.10 Å². The number of fused-ring (bicyclic) bond motifs is 2. The Labute approximate surface area is 103 Å². The highest BCUT2D eigenvalue weighted by atomic mass is 16.5. The Hall–Kier alpha value is -0.790. The average Bonchev–Trinajstić information content (AvgIpc) is 2.55. The topological polar surface area (TPSA) is 26.3 Å². The number of carbonyl (C=O) groups excluding carboxylic acids is 1. The van der Waals surface area contributed by atoms with Gasteiger partial charge in [0.25, 0.3) is 0 Å². The van der Waals surface area contributed by atoms with Crippen LogP contribution in [-0.4, -0.2) is 12.1 Å². The van der Waals surface area contributed by atoms with E-state index in [0.29, 0.717) is 5.41 Å². The lowest BCUT2D eigenvalue weighted by molar-refractivity contribution is -0.142. The van der Waals surface area contributed by atoms with Crippen LogP contribution in [-0.2, 0) is 9.53 Å². The van der Waals surface area contributed by atoms with Gasteiger partial charge >= 0.3 is 5.97 Å². The Kier molecular flexibility index (Phi) is 2.39. The summed E-state index contributed by atoms with van der Waals surface area (Å²) in [5.41, 5.74) is 2.61. The molecule has 0 N–H and O–H groups in total. The average molecular weight is 234 g/mol. The van der Waals surface area contributed by atoms with E-state index in [1.807, 2.05) is 6.92 Å². The first-order valence-corrected chi connectivity index (χ1v) is 6.93.